The first kappa shape index (κ1) is 14.2. The number of nitrogens with one attached hydrogen (secondary N) is 1. The molecule has 0 spiro atoms. The minimum absolute atomic E-state index is 0.288. The van der Waals surface area contributed by atoms with Gasteiger partial charge in [0.2, 0.25) is 0 Å². The van der Waals surface area contributed by atoms with Crippen LogP contribution < -0.4 is 22.3 Å². The van der Waals surface area contributed by atoms with Crippen molar-refractivity contribution in [1.82, 2.24) is 9.13 Å². The summed E-state index contributed by atoms with van der Waals surface area (Å²) in [5.74, 6) is 1.61. The highest BCUT2D eigenvalue weighted by Gasteiger charge is 2.42. The van der Waals surface area contributed by atoms with E-state index in [1.165, 1.54) is 37.3 Å². The quantitative estimate of drug-likeness (QED) is 0.823. The molecule has 2 fully saturated rings. The highest BCUT2D eigenvalue weighted by molar-refractivity contribution is 5.61. The highest BCUT2D eigenvalue weighted by Crippen LogP contribution is 2.45. The lowest BCUT2D eigenvalue weighted by Gasteiger charge is -2.22. The molecule has 2 aliphatic rings. The first-order valence-corrected chi connectivity index (χ1v) is 7.90. The summed E-state index contributed by atoms with van der Waals surface area (Å²) in [5, 5.41) is 3.39. The van der Waals surface area contributed by atoms with Gasteiger partial charge in [-0.05, 0) is 43.9 Å². The van der Waals surface area contributed by atoms with Crippen LogP contribution in [0, 0.1) is 11.8 Å². The SMILES string of the molecule is CCCn1c(N)c(NC(C2CC2)C2CC2)c(=O)n(C)c1=O. The van der Waals surface area contributed by atoms with Crippen molar-refractivity contribution in [3.63, 3.8) is 0 Å². The number of rotatable bonds is 6. The molecule has 116 valence electrons. The van der Waals surface area contributed by atoms with E-state index in [0.717, 1.165) is 11.0 Å². The number of nitrogens with zero attached hydrogens (tertiary/aromatic N) is 2. The molecule has 0 bridgehead atoms. The summed E-state index contributed by atoms with van der Waals surface area (Å²) in [5.41, 5.74) is 5.88. The number of hydrogen-bond acceptors (Lipinski definition) is 4. The normalized spacial score (nSPS) is 18.2. The second kappa shape index (κ2) is 5.24. The highest BCUT2D eigenvalue weighted by atomic mass is 16.2. The zero-order chi connectivity index (χ0) is 15.1. The van der Waals surface area contributed by atoms with Crippen LogP contribution in [0.3, 0.4) is 0 Å². The maximum atomic E-state index is 12.4. The summed E-state index contributed by atoms with van der Waals surface area (Å²) in [6.45, 7) is 2.52. The van der Waals surface area contributed by atoms with E-state index in [1.807, 2.05) is 6.92 Å². The van der Waals surface area contributed by atoms with E-state index < -0.39 is 0 Å². The molecule has 1 heterocycles. The van der Waals surface area contributed by atoms with E-state index in [1.54, 1.807) is 0 Å². The van der Waals surface area contributed by atoms with E-state index in [4.69, 9.17) is 5.73 Å². The van der Waals surface area contributed by atoms with Gasteiger partial charge in [-0.3, -0.25) is 13.9 Å². The summed E-state index contributed by atoms with van der Waals surface area (Å²) in [6, 6.07) is 0.340. The molecule has 0 saturated heterocycles. The van der Waals surface area contributed by atoms with E-state index >= 15 is 0 Å². The van der Waals surface area contributed by atoms with Crippen LogP contribution in [0.25, 0.3) is 0 Å². The molecule has 0 aromatic carbocycles. The second-order valence-corrected chi connectivity index (χ2v) is 6.40. The van der Waals surface area contributed by atoms with Crippen molar-refractivity contribution >= 4 is 11.5 Å². The zero-order valence-electron chi connectivity index (χ0n) is 12.8. The van der Waals surface area contributed by atoms with Crippen molar-refractivity contribution in [2.45, 2.75) is 51.6 Å². The molecule has 1 aromatic heterocycles. The maximum absolute atomic E-state index is 12.4. The molecule has 0 unspecified atom stereocenters. The van der Waals surface area contributed by atoms with E-state index in [0.29, 0.717) is 30.1 Å². The Morgan fingerprint density at radius 3 is 2.29 bits per heavy atom. The van der Waals surface area contributed by atoms with Crippen molar-refractivity contribution in [2.24, 2.45) is 18.9 Å². The van der Waals surface area contributed by atoms with E-state index in [-0.39, 0.29) is 17.1 Å². The average Bonchev–Trinajstić information content (AvgIpc) is 3.34. The minimum Gasteiger partial charge on any atom is -0.383 e. The Hall–Kier alpha value is -1.72. The molecule has 0 radical (unpaired) electrons. The Kier molecular flexibility index (Phi) is 3.55. The van der Waals surface area contributed by atoms with Crippen LogP contribution >= 0.6 is 0 Å². The molecule has 3 N–H and O–H groups in total. The smallest absolute Gasteiger partial charge is 0.332 e. The molecule has 6 heteroatoms. The Labute approximate surface area is 124 Å². The third-order valence-corrected chi connectivity index (χ3v) is 4.60. The van der Waals surface area contributed by atoms with Gasteiger partial charge in [0.15, 0.2) is 0 Å². The molecule has 6 nitrogen and oxygen atoms in total. The fraction of sp³-hybridized carbons (Fsp3) is 0.733. The van der Waals surface area contributed by atoms with E-state index in [2.05, 4.69) is 5.32 Å². The topological polar surface area (TPSA) is 82.0 Å². The van der Waals surface area contributed by atoms with Crippen LogP contribution in [0.1, 0.15) is 39.0 Å². The Balaban J connectivity index is 2.00. The maximum Gasteiger partial charge on any atom is 0.332 e. The molecule has 0 amide bonds. The van der Waals surface area contributed by atoms with Gasteiger partial charge >= 0.3 is 5.69 Å². The van der Waals surface area contributed by atoms with Gasteiger partial charge in [-0.1, -0.05) is 6.92 Å². The van der Waals surface area contributed by atoms with Gasteiger partial charge in [0, 0.05) is 19.6 Å². The van der Waals surface area contributed by atoms with Gasteiger partial charge in [-0.15, -0.1) is 0 Å². The van der Waals surface area contributed by atoms with Crippen LogP contribution in [0.2, 0.25) is 0 Å². The summed E-state index contributed by atoms with van der Waals surface area (Å²) in [4.78, 5) is 24.5. The van der Waals surface area contributed by atoms with Crippen LogP contribution in [0.4, 0.5) is 11.5 Å². The van der Waals surface area contributed by atoms with Crippen molar-refractivity contribution in [2.75, 3.05) is 11.1 Å². The van der Waals surface area contributed by atoms with Gasteiger partial charge in [0.25, 0.3) is 5.56 Å². The molecular weight excluding hydrogens is 268 g/mol. The van der Waals surface area contributed by atoms with Crippen molar-refractivity contribution < 1.29 is 0 Å². The number of hydrogen-bond donors (Lipinski definition) is 2. The Bertz CT molecular complexity index is 641. The third-order valence-electron chi connectivity index (χ3n) is 4.60. The van der Waals surface area contributed by atoms with Crippen LogP contribution in [0.5, 0.6) is 0 Å². The summed E-state index contributed by atoms with van der Waals surface area (Å²) >= 11 is 0. The fourth-order valence-corrected chi connectivity index (χ4v) is 3.06. The van der Waals surface area contributed by atoms with Gasteiger partial charge in [-0.2, -0.15) is 0 Å². The predicted molar refractivity (Wildman–Crippen MR) is 83.5 cm³/mol. The number of nitrogens with two attached hydrogens (primary N) is 1. The Morgan fingerprint density at radius 2 is 1.81 bits per heavy atom. The molecule has 2 saturated carbocycles. The second-order valence-electron chi connectivity index (χ2n) is 6.40. The summed E-state index contributed by atoms with van der Waals surface area (Å²) < 4.78 is 2.66. The molecule has 21 heavy (non-hydrogen) atoms. The number of nitrogen functional groups attached to an aromatic ring is 1. The molecule has 2 aliphatic carbocycles. The molecular formula is C15H24N4O2. The monoisotopic (exact) mass is 292 g/mol. The largest absolute Gasteiger partial charge is 0.383 e. The van der Waals surface area contributed by atoms with Gasteiger partial charge < -0.3 is 11.1 Å². The molecule has 0 aliphatic heterocycles. The summed E-state index contributed by atoms with van der Waals surface area (Å²) in [7, 11) is 1.52. The Morgan fingerprint density at radius 1 is 1.24 bits per heavy atom. The number of anilines is 2. The van der Waals surface area contributed by atoms with Crippen LogP contribution in [-0.4, -0.2) is 15.2 Å². The number of aromatic nitrogens is 2. The van der Waals surface area contributed by atoms with E-state index in [9.17, 15) is 9.59 Å². The van der Waals surface area contributed by atoms with Crippen molar-refractivity contribution in [3.05, 3.63) is 20.8 Å². The average molecular weight is 292 g/mol. The van der Waals surface area contributed by atoms with Crippen molar-refractivity contribution in [1.29, 1.82) is 0 Å². The lowest BCUT2D eigenvalue weighted by atomic mass is 10.1. The third kappa shape index (κ3) is 2.59. The molecule has 0 atom stereocenters. The fourth-order valence-electron chi connectivity index (χ4n) is 3.06. The first-order chi connectivity index (χ1) is 10.0. The van der Waals surface area contributed by atoms with Crippen LogP contribution in [0.15, 0.2) is 9.59 Å². The lowest BCUT2D eigenvalue weighted by molar-refractivity contribution is 0.558. The van der Waals surface area contributed by atoms with Crippen molar-refractivity contribution in [3.8, 4) is 0 Å². The summed E-state index contributed by atoms with van der Waals surface area (Å²) in [6.07, 6.45) is 5.70. The minimum atomic E-state index is -0.334. The van der Waals surface area contributed by atoms with Gasteiger partial charge in [0.05, 0.1) is 0 Å². The molecule has 1 aromatic rings. The lowest BCUT2D eigenvalue weighted by Crippen LogP contribution is -2.42. The standard InChI is InChI=1S/C15H24N4O2/c1-3-8-19-13(16)12(14(20)18(2)15(19)21)17-11(9-4-5-9)10-6-7-10/h9-11,17H,3-8,16H2,1-2H3. The molecule has 3 rings (SSSR count). The predicted octanol–water partition coefficient (Wildman–Crippen LogP) is 1.14. The van der Waals surface area contributed by atoms with Crippen LogP contribution in [-0.2, 0) is 13.6 Å². The first-order valence-electron chi connectivity index (χ1n) is 7.90. The van der Waals surface area contributed by atoms with Gasteiger partial charge in [0.1, 0.15) is 11.5 Å². The zero-order valence-corrected chi connectivity index (χ0v) is 12.8. The van der Waals surface area contributed by atoms with Gasteiger partial charge in [-0.25, -0.2) is 4.79 Å².